The lowest BCUT2D eigenvalue weighted by molar-refractivity contribution is -0.137. The van der Waals surface area contributed by atoms with Gasteiger partial charge in [0.2, 0.25) is 0 Å². The highest BCUT2D eigenvalue weighted by molar-refractivity contribution is 5.89. The fourth-order valence-corrected chi connectivity index (χ4v) is 3.44. The number of hydroxylamine groups is 1. The van der Waals surface area contributed by atoms with Crippen molar-refractivity contribution >= 4 is 16.9 Å². The van der Waals surface area contributed by atoms with Gasteiger partial charge in [-0.3, -0.25) is 19.7 Å². The summed E-state index contributed by atoms with van der Waals surface area (Å²) in [6.07, 6.45) is -4.35. The first-order valence-corrected chi connectivity index (χ1v) is 8.83. The molecule has 0 radical (unpaired) electrons. The van der Waals surface area contributed by atoms with Crippen molar-refractivity contribution in [2.75, 3.05) is 6.61 Å². The quantitative estimate of drug-likeness (QED) is 0.606. The highest BCUT2D eigenvalue weighted by Gasteiger charge is 2.39. The number of hydrogen-bond acceptors (Lipinski definition) is 6. The molecule has 0 saturated heterocycles. The van der Waals surface area contributed by atoms with Gasteiger partial charge in [-0.2, -0.15) is 13.2 Å². The zero-order chi connectivity index (χ0) is 22.3. The molecule has 1 aliphatic rings. The van der Waals surface area contributed by atoms with Gasteiger partial charge in [-0.25, -0.2) is 18.7 Å². The number of aromatic hydroxyl groups is 1. The highest BCUT2D eigenvalue weighted by atomic mass is 19.4. The Morgan fingerprint density at radius 2 is 1.90 bits per heavy atom. The van der Waals surface area contributed by atoms with Gasteiger partial charge in [0.15, 0.2) is 11.4 Å². The van der Waals surface area contributed by atoms with Crippen LogP contribution in [-0.2, 0) is 17.6 Å². The topological polar surface area (TPSA) is 89.3 Å². The minimum atomic E-state index is -4.96. The average Bonchev–Trinajstić information content (AvgIpc) is 3.25. The van der Waals surface area contributed by atoms with Crippen molar-refractivity contribution in [1.29, 1.82) is 0 Å². The summed E-state index contributed by atoms with van der Waals surface area (Å²) in [5.74, 6) is -0.883. The summed E-state index contributed by atoms with van der Waals surface area (Å²) < 4.78 is 69.1. The fraction of sp³-hybridized carbons (Fsp3) is 0.211. The molecule has 1 aromatic carbocycles. The van der Waals surface area contributed by atoms with Gasteiger partial charge in [0, 0.05) is 23.5 Å². The number of fused-ring (bicyclic) bond motifs is 1. The third kappa shape index (κ3) is 3.58. The van der Waals surface area contributed by atoms with Crippen molar-refractivity contribution in [3.63, 3.8) is 0 Å². The first-order valence-electron chi connectivity index (χ1n) is 8.83. The van der Waals surface area contributed by atoms with E-state index >= 15 is 0 Å². The van der Waals surface area contributed by atoms with Gasteiger partial charge in [-0.15, -0.1) is 0 Å². The Labute approximate surface area is 170 Å². The summed E-state index contributed by atoms with van der Waals surface area (Å²) in [7, 11) is 0. The Hall–Kier alpha value is -3.54. The molecular weight excluding hydrogens is 427 g/mol. The minimum Gasteiger partial charge on any atom is -0.505 e. The van der Waals surface area contributed by atoms with E-state index in [1.165, 1.54) is 12.1 Å². The number of alkyl halides is 5. The first kappa shape index (κ1) is 20.7. The molecule has 12 heteroatoms. The lowest BCUT2D eigenvalue weighted by Crippen LogP contribution is -2.27. The molecule has 162 valence electrons. The fourth-order valence-electron chi connectivity index (χ4n) is 3.44. The van der Waals surface area contributed by atoms with Crippen molar-refractivity contribution < 1.29 is 31.9 Å². The molecule has 0 saturated carbocycles. The molecule has 0 fully saturated rings. The van der Waals surface area contributed by atoms with Crippen molar-refractivity contribution in [3.8, 4) is 16.9 Å². The van der Waals surface area contributed by atoms with E-state index in [-0.39, 0.29) is 29.0 Å². The summed E-state index contributed by atoms with van der Waals surface area (Å²) in [5, 5.41) is 10.7. The first-order chi connectivity index (χ1) is 14.7. The molecule has 1 aliphatic heterocycles. The van der Waals surface area contributed by atoms with Crippen molar-refractivity contribution in [3.05, 3.63) is 58.1 Å². The van der Waals surface area contributed by atoms with Gasteiger partial charge < -0.3 is 5.11 Å². The number of halogens is 5. The van der Waals surface area contributed by atoms with Crippen LogP contribution in [0.4, 0.5) is 22.0 Å². The molecule has 2 aromatic heterocycles. The van der Waals surface area contributed by atoms with Gasteiger partial charge in [-0.05, 0) is 6.08 Å². The molecule has 2 N–H and O–H groups in total. The van der Waals surface area contributed by atoms with Gasteiger partial charge in [-0.1, -0.05) is 18.2 Å². The van der Waals surface area contributed by atoms with Crippen LogP contribution in [0.3, 0.4) is 0 Å². The molecule has 0 unspecified atom stereocenters. The van der Waals surface area contributed by atoms with Gasteiger partial charge in [0.25, 0.3) is 12.0 Å². The Morgan fingerprint density at radius 3 is 2.55 bits per heavy atom. The number of pyridine rings is 1. The zero-order valence-corrected chi connectivity index (χ0v) is 15.5. The second kappa shape index (κ2) is 7.61. The lowest BCUT2D eigenvalue weighted by atomic mass is 9.93. The third-order valence-electron chi connectivity index (χ3n) is 4.64. The van der Waals surface area contributed by atoms with Crippen LogP contribution >= 0.6 is 0 Å². The van der Waals surface area contributed by atoms with E-state index in [2.05, 4.69) is 15.4 Å². The number of benzene rings is 1. The number of hydrogen-bond donors (Lipinski definition) is 2. The summed E-state index contributed by atoms with van der Waals surface area (Å²) in [4.78, 5) is 25.5. The predicted molar refractivity (Wildman–Crippen MR) is 99.0 cm³/mol. The molecule has 0 spiro atoms. The minimum absolute atomic E-state index is 0.0159. The van der Waals surface area contributed by atoms with Crippen molar-refractivity contribution in [2.45, 2.75) is 19.1 Å². The summed E-state index contributed by atoms with van der Waals surface area (Å²) in [6.45, 7) is -1.11. The van der Waals surface area contributed by atoms with Gasteiger partial charge in [0.05, 0.1) is 30.0 Å². The SMILES string of the molecule is O=c1c(-c2cccc(C3=CCON3)c2C(F)(F)F)c(O)c2nccnc2n1CC(F)F. The van der Waals surface area contributed by atoms with Crippen LogP contribution < -0.4 is 11.0 Å². The van der Waals surface area contributed by atoms with E-state index in [9.17, 15) is 31.9 Å². The molecule has 3 aromatic rings. The molecule has 0 bridgehead atoms. The summed E-state index contributed by atoms with van der Waals surface area (Å²) in [6, 6.07) is 3.39. The number of rotatable bonds is 4. The average molecular weight is 440 g/mol. The Kier molecular flexibility index (Phi) is 5.09. The molecular formula is C19H13F5N4O3. The maximum Gasteiger partial charge on any atom is 0.417 e. The summed E-state index contributed by atoms with van der Waals surface area (Å²) >= 11 is 0. The van der Waals surface area contributed by atoms with Crippen LogP contribution in [0.2, 0.25) is 0 Å². The predicted octanol–water partition coefficient (Wildman–Crippen LogP) is 3.32. The summed E-state index contributed by atoms with van der Waals surface area (Å²) in [5.41, 5.74) is -2.68. The smallest absolute Gasteiger partial charge is 0.417 e. The van der Waals surface area contributed by atoms with Gasteiger partial charge >= 0.3 is 6.18 Å². The Bertz CT molecular complexity index is 1250. The second-order valence-corrected chi connectivity index (χ2v) is 6.52. The van der Waals surface area contributed by atoms with Gasteiger partial charge in [0.1, 0.15) is 5.52 Å². The number of aromatic nitrogens is 3. The maximum absolute atomic E-state index is 14.1. The number of nitrogens with zero attached hydrogens (tertiary/aromatic N) is 3. The van der Waals surface area contributed by atoms with Crippen LogP contribution in [0.25, 0.3) is 28.0 Å². The van der Waals surface area contributed by atoms with E-state index in [1.54, 1.807) is 0 Å². The lowest BCUT2D eigenvalue weighted by Gasteiger charge is -2.20. The van der Waals surface area contributed by atoms with E-state index in [4.69, 9.17) is 4.84 Å². The molecule has 7 nitrogen and oxygen atoms in total. The normalized spacial score (nSPS) is 14.2. The molecule has 0 amide bonds. The van der Waals surface area contributed by atoms with Crippen LogP contribution in [0.15, 0.2) is 41.5 Å². The largest absolute Gasteiger partial charge is 0.505 e. The maximum atomic E-state index is 14.1. The van der Waals surface area contributed by atoms with E-state index < -0.39 is 47.1 Å². The molecule has 31 heavy (non-hydrogen) atoms. The highest BCUT2D eigenvalue weighted by Crippen LogP contribution is 2.43. The van der Waals surface area contributed by atoms with E-state index in [1.807, 2.05) is 0 Å². The Balaban J connectivity index is 2.11. The molecule has 4 rings (SSSR count). The molecule has 0 aliphatic carbocycles. The van der Waals surface area contributed by atoms with Crippen LogP contribution in [0.1, 0.15) is 11.1 Å². The monoisotopic (exact) mass is 440 g/mol. The van der Waals surface area contributed by atoms with Crippen molar-refractivity contribution in [1.82, 2.24) is 20.0 Å². The standard InChI is InChI=1S/C19H13F5N4O3/c20-12(21)8-28-17-15(25-5-6-26-17)16(29)13(18(28)30)10-3-1-2-9(11-4-7-31-27-11)14(10)19(22,23)24/h1-6,12,27,29H,7-8H2. The second-order valence-electron chi connectivity index (χ2n) is 6.52. The molecule has 3 heterocycles. The van der Waals surface area contributed by atoms with Crippen molar-refractivity contribution in [2.24, 2.45) is 0 Å². The molecule has 0 atom stereocenters. The van der Waals surface area contributed by atoms with Crippen LogP contribution in [-0.4, -0.2) is 32.7 Å². The Morgan fingerprint density at radius 1 is 1.19 bits per heavy atom. The zero-order valence-electron chi connectivity index (χ0n) is 15.5. The third-order valence-corrected chi connectivity index (χ3v) is 4.64. The van der Waals surface area contributed by atoms with Crippen LogP contribution in [0.5, 0.6) is 5.75 Å². The number of nitrogens with one attached hydrogen (secondary N) is 1. The van der Waals surface area contributed by atoms with Crippen LogP contribution in [0, 0.1) is 0 Å². The van der Waals surface area contributed by atoms with E-state index in [0.717, 1.165) is 24.5 Å². The van der Waals surface area contributed by atoms with E-state index in [0.29, 0.717) is 4.57 Å².